The molecule has 2 saturated heterocycles. The predicted molar refractivity (Wildman–Crippen MR) is 139 cm³/mol. The molecule has 3 amide bonds. The number of likely N-dealkylation sites (tertiary alicyclic amines) is 2. The van der Waals surface area contributed by atoms with Crippen LogP contribution in [0.5, 0.6) is 0 Å². The van der Waals surface area contributed by atoms with Crippen LogP contribution < -0.4 is 11.1 Å². The van der Waals surface area contributed by atoms with Crippen LogP contribution in [0.1, 0.15) is 83.1 Å². The van der Waals surface area contributed by atoms with Gasteiger partial charge in [0.2, 0.25) is 11.8 Å². The third-order valence-electron chi connectivity index (χ3n) is 7.23. The first kappa shape index (κ1) is 27.8. The molecular weight excluding hydrogens is 456 g/mol. The van der Waals surface area contributed by atoms with Crippen LogP contribution in [-0.2, 0) is 19.8 Å². The highest BCUT2D eigenvalue weighted by molar-refractivity contribution is 6.01. The summed E-state index contributed by atoms with van der Waals surface area (Å²) in [7, 11) is 0. The van der Waals surface area contributed by atoms with Gasteiger partial charge in [0.25, 0.3) is 5.91 Å². The zero-order valence-corrected chi connectivity index (χ0v) is 22.5. The lowest BCUT2D eigenvalue weighted by molar-refractivity contribution is -0.138. The Hall–Kier alpha value is -2.74. The Bertz CT molecular complexity index is 982. The van der Waals surface area contributed by atoms with E-state index in [1.165, 1.54) is 0 Å². The van der Waals surface area contributed by atoms with E-state index in [0.717, 1.165) is 12.0 Å². The number of benzene rings is 1. The smallest absolute Gasteiger partial charge is 0.251 e. The van der Waals surface area contributed by atoms with Gasteiger partial charge >= 0.3 is 0 Å². The number of fused-ring (bicyclic) bond motifs is 1. The maximum absolute atomic E-state index is 13.7. The molecule has 2 aliphatic heterocycles. The van der Waals surface area contributed by atoms with E-state index in [2.05, 4.69) is 26.1 Å². The van der Waals surface area contributed by atoms with Crippen LogP contribution in [0, 0.1) is 5.92 Å². The lowest BCUT2D eigenvalue weighted by atomic mass is 9.86. The molecular formula is C28H42N4O4. The van der Waals surface area contributed by atoms with Crippen LogP contribution in [0.3, 0.4) is 0 Å². The number of ketones is 1. The summed E-state index contributed by atoms with van der Waals surface area (Å²) < 4.78 is 0. The van der Waals surface area contributed by atoms with Gasteiger partial charge in [-0.25, -0.2) is 0 Å². The fourth-order valence-corrected chi connectivity index (χ4v) is 5.26. The first-order valence-electron chi connectivity index (χ1n) is 13.2. The summed E-state index contributed by atoms with van der Waals surface area (Å²) >= 11 is 0. The van der Waals surface area contributed by atoms with E-state index >= 15 is 0 Å². The Morgan fingerprint density at radius 2 is 1.72 bits per heavy atom. The molecule has 0 radical (unpaired) electrons. The van der Waals surface area contributed by atoms with Crippen molar-refractivity contribution in [3.8, 4) is 0 Å². The summed E-state index contributed by atoms with van der Waals surface area (Å²) in [6, 6.07) is 5.02. The topological polar surface area (TPSA) is 113 Å². The van der Waals surface area contributed by atoms with Crippen molar-refractivity contribution in [3.63, 3.8) is 0 Å². The van der Waals surface area contributed by atoms with Crippen molar-refractivity contribution in [1.29, 1.82) is 0 Å². The van der Waals surface area contributed by atoms with Gasteiger partial charge < -0.3 is 20.9 Å². The van der Waals surface area contributed by atoms with Gasteiger partial charge in [0.05, 0.1) is 18.6 Å². The van der Waals surface area contributed by atoms with E-state index in [9.17, 15) is 19.2 Å². The second-order valence-electron chi connectivity index (χ2n) is 11.6. The molecule has 2 heterocycles. The average Bonchev–Trinajstić information content (AvgIpc) is 3.38. The lowest BCUT2D eigenvalue weighted by Crippen LogP contribution is -2.53. The van der Waals surface area contributed by atoms with Crippen LogP contribution in [0.2, 0.25) is 0 Å². The van der Waals surface area contributed by atoms with Gasteiger partial charge in [0.1, 0.15) is 12.1 Å². The lowest BCUT2D eigenvalue weighted by Gasteiger charge is -2.29. The predicted octanol–water partition coefficient (Wildman–Crippen LogP) is 2.64. The average molecular weight is 499 g/mol. The summed E-state index contributed by atoms with van der Waals surface area (Å²) in [4.78, 5) is 55.7. The number of hydrogen-bond acceptors (Lipinski definition) is 5. The molecule has 198 valence electrons. The van der Waals surface area contributed by atoms with Crippen molar-refractivity contribution in [2.45, 2.75) is 96.8 Å². The van der Waals surface area contributed by atoms with Gasteiger partial charge in [-0.2, -0.15) is 0 Å². The van der Waals surface area contributed by atoms with Gasteiger partial charge in [-0.3, -0.25) is 19.2 Å². The minimum absolute atomic E-state index is 0.0172. The number of carbonyl (C=O) groups excluding carboxylic acids is 4. The zero-order chi connectivity index (χ0) is 26.8. The Balaban J connectivity index is 1.75. The van der Waals surface area contributed by atoms with Crippen LogP contribution in [-0.4, -0.2) is 70.6 Å². The first-order chi connectivity index (χ1) is 16.8. The second-order valence-corrected chi connectivity index (χ2v) is 11.6. The number of rotatable bonds is 8. The molecule has 0 bridgehead atoms. The Labute approximate surface area is 215 Å². The van der Waals surface area contributed by atoms with Crippen LogP contribution >= 0.6 is 0 Å². The van der Waals surface area contributed by atoms with Crippen LogP contribution in [0.15, 0.2) is 24.3 Å². The van der Waals surface area contributed by atoms with Gasteiger partial charge in [0, 0.05) is 12.1 Å². The molecule has 3 N–H and O–H groups in total. The molecule has 8 heteroatoms. The molecule has 0 spiro atoms. The van der Waals surface area contributed by atoms with Crippen molar-refractivity contribution in [1.82, 2.24) is 15.1 Å². The summed E-state index contributed by atoms with van der Waals surface area (Å²) in [5.74, 6) is -0.792. The number of nitrogens with one attached hydrogen (secondary N) is 1. The van der Waals surface area contributed by atoms with Gasteiger partial charge in [-0.05, 0) is 48.3 Å². The Morgan fingerprint density at radius 3 is 2.28 bits per heavy atom. The molecule has 1 aromatic carbocycles. The fraction of sp³-hybridized carbons (Fsp3) is 0.643. The maximum Gasteiger partial charge on any atom is 0.251 e. The van der Waals surface area contributed by atoms with Gasteiger partial charge in [-0.1, -0.05) is 60.1 Å². The molecule has 4 unspecified atom stereocenters. The first-order valence-corrected chi connectivity index (χ1v) is 13.2. The fourth-order valence-electron chi connectivity index (χ4n) is 5.26. The summed E-state index contributed by atoms with van der Waals surface area (Å²) in [6.07, 6.45) is 2.33. The van der Waals surface area contributed by atoms with E-state index in [1.54, 1.807) is 21.9 Å². The maximum atomic E-state index is 13.7. The van der Waals surface area contributed by atoms with Gasteiger partial charge in [-0.15, -0.1) is 0 Å². The minimum Gasteiger partial charge on any atom is -0.340 e. The normalized spacial score (nSPS) is 21.5. The van der Waals surface area contributed by atoms with Crippen molar-refractivity contribution in [2.24, 2.45) is 11.7 Å². The molecule has 0 aromatic heterocycles. The number of Topliss-reactive ketones (excluding diaryl/α,β-unsaturated/α-hetero) is 1. The van der Waals surface area contributed by atoms with E-state index in [-0.39, 0.29) is 47.4 Å². The zero-order valence-electron chi connectivity index (χ0n) is 22.5. The van der Waals surface area contributed by atoms with E-state index in [0.29, 0.717) is 31.4 Å². The molecule has 3 rings (SSSR count). The third-order valence-corrected chi connectivity index (χ3v) is 7.23. The van der Waals surface area contributed by atoms with E-state index in [4.69, 9.17) is 5.73 Å². The second kappa shape index (κ2) is 11.1. The molecule has 0 saturated carbocycles. The highest BCUT2D eigenvalue weighted by atomic mass is 16.2. The van der Waals surface area contributed by atoms with Crippen LogP contribution in [0.25, 0.3) is 0 Å². The summed E-state index contributed by atoms with van der Waals surface area (Å²) in [5.41, 5.74) is 7.63. The molecule has 1 aromatic rings. The summed E-state index contributed by atoms with van der Waals surface area (Å²) in [6.45, 7) is 12.6. The van der Waals surface area contributed by atoms with Gasteiger partial charge in [0.15, 0.2) is 5.78 Å². The standard InChI is InChI=1S/C28H42N4O4/c1-7-8-20(29)26(35)32-16-23(33)24-22(32)13-14-31(24)27(36)21(15-17(2)3)30-25(34)18-9-11-19(12-10-18)28(4,5)6/h9-12,17,20-22,24H,7-8,13-16,29H2,1-6H3,(H,30,34). The molecule has 0 aliphatic carbocycles. The monoisotopic (exact) mass is 498 g/mol. The van der Waals surface area contributed by atoms with E-state index < -0.39 is 18.1 Å². The Kier molecular flexibility index (Phi) is 8.59. The molecule has 2 aliphatic rings. The summed E-state index contributed by atoms with van der Waals surface area (Å²) in [5, 5.41) is 2.92. The van der Waals surface area contributed by atoms with Crippen molar-refractivity contribution in [2.75, 3.05) is 13.1 Å². The molecule has 8 nitrogen and oxygen atoms in total. The minimum atomic E-state index is -0.751. The highest BCUT2D eigenvalue weighted by Gasteiger charge is 2.52. The number of nitrogens with two attached hydrogens (primary N) is 1. The number of hydrogen-bond donors (Lipinski definition) is 2. The molecule has 36 heavy (non-hydrogen) atoms. The highest BCUT2D eigenvalue weighted by Crippen LogP contribution is 2.31. The van der Waals surface area contributed by atoms with Crippen molar-refractivity contribution in [3.05, 3.63) is 35.4 Å². The quantitative estimate of drug-likeness (QED) is 0.572. The third kappa shape index (κ3) is 5.97. The van der Waals surface area contributed by atoms with Crippen LogP contribution in [0.4, 0.5) is 0 Å². The van der Waals surface area contributed by atoms with E-state index in [1.807, 2.05) is 32.9 Å². The molecule has 2 fully saturated rings. The number of amides is 3. The van der Waals surface area contributed by atoms with Crippen molar-refractivity contribution < 1.29 is 19.2 Å². The largest absolute Gasteiger partial charge is 0.340 e. The Morgan fingerprint density at radius 1 is 1.08 bits per heavy atom. The molecule has 4 atom stereocenters. The van der Waals surface area contributed by atoms with Crippen molar-refractivity contribution >= 4 is 23.5 Å². The number of nitrogens with zero attached hydrogens (tertiary/aromatic N) is 2. The SMILES string of the molecule is CCCC(N)C(=O)N1CC(=O)C2C1CCN2C(=O)C(CC(C)C)NC(=O)c1ccc(C(C)(C)C)cc1. The number of carbonyl (C=O) groups is 4.